The Morgan fingerprint density at radius 2 is 1.82 bits per heavy atom. The molecule has 0 spiro atoms. The van der Waals surface area contributed by atoms with Crippen LogP contribution in [0.4, 0.5) is 13.2 Å². The molecule has 11 heteroatoms. The zero-order chi connectivity index (χ0) is 24.2. The van der Waals surface area contributed by atoms with E-state index < -0.39 is 23.2 Å². The third kappa shape index (κ3) is 3.24. The highest BCUT2D eigenvalue weighted by atomic mass is 19.4. The van der Waals surface area contributed by atoms with Gasteiger partial charge in [-0.15, -0.1) is 0 Å². The number of ether oxygens (including phenoxy) is 1. The molecule has 0 atom stereocenters. The van der Waals surface area contributed by atoms with E-state index in [-0.39, 0.29) is 45.0 Å². The number of aromatic amines is 1. The normalized spacial score (nSPS) is 11.9. The third-order valence-electron chi connectivity index (χ3n) is 5.28. The van der Waals surface area contributed by atoms with Gasteiger partial charge in [0, 0.05) is 6.92 Å². The Morgan fingerprint density at radius 3 is 2.47 bits per heavy atom. The van der Waals surface area contributed by atoms with Gasteiger partial charge in [-0.3, -0.25) is 9.59 Å². The molecule has 2 aromatic carbocycles. The summed E-state index contributed by atoms with van der Waals surface area (Å²) in [6.45, 7) is 1.18. The zero-order valence-electron chi connectivity index (χ0n) is 17.7. The third-order valence-corrected chi connectivity index (χ3v) is 5.28. The number of carbonyl (C=O) groups is 1. The SMILES string of the molecule is COc1cccc2oc(-c3c(C(C)=O)[nH]c4c(-c5ccccc5)c(C(F)(F)F)nn4c3=O)nc12. The fourth-order valence-electron chi connectivity index (χ4n) is 3.81. The van der Waals surface area contributed by atoms with E-state index in [1.54, 1.807) is 36.4 Å². The number of para-hydroxylation sites is 1. The van der Waals surface area contributed by atoms with Gasteiger partial charge < -0.3 is 14.1 Å². The second kappa shape index (κ2) is 7.58. The van der Waals surface area contributed by atoms with Crippen LogP contribution >= 0.6 is 0 Å². The predicted molar refractivity (Wildman–Crippen MR) is 116 cm³/mol. The summed E-state index contributed by atoms with van der Waals surface area (Å²) in [4.78, 5) is 32.9. The van der Waals surface area contributed by atoms with Gasteiger partial charge in [-0.05, 0) is 17.7 Å². The Morgan fingerprint density at radius 1 is 1.09 bits per heavy atom. The van der Waals surface area contributed by atoms with Gasteiger partial charge in [0.15, 0.2) is 22.6 Å². The van der Waals surface area contributed by atoms with Gasteiger partial charge in [-0.25, -0.2) is 4.98 Å². The first-order chi connectivity index (χ1) is 16.2. The Kier molecular flexibility index (Phi) is 4.78. The standard InChI is InChI=1S/C23H15F3N4O4/c1-11(31)17-16(21-28-18-13(33-2)9-6-10-14(18)34-21)22(32)30-20(27-17)15(12-7-4-3-5-8-12)19(29-30)23(24,25)26/h3-10,27H,1-2H3. The Balaban J connectivity index is 1.89. The molecule has 0 amide bonds. The molecule has 34 heavy (non-hydrogen) atoms. The van der Waals surface area contributed by atoms with Crippen LogP contribution in [0, 0.1) is 0 Å². The van der Waals surface area contributed by atoms with Crippen LogP contribution in [0.2, 0.25) is 0 Å². The van der Waals surface area contributed by atoms with E-state index in [2.05, 4.69) is 15.1 Å². The van der Waals surface area contributed by atoms with Crippen molar-refractivity contribution >= 4 is 22.5 Å². The van der Waals surface area contributed by atoms with Crippen molar-refractivity contribution in [3.8, 4) is 28.3 Å². The van der Waals surface area contributed by atoms with Crippen LogP contribution in [0.15, 0.2) is 57.7 Å². The van der Waals surface area contributed by atoms with Gasteiger partial charge in [0.25, 0.3) is 5.56 Å². The summed E-state index contributed by atoms with van der Waals surface area (Å²) in [5, 5.41) is 3.58. The van der Waals surface area contributed by atoms with Crippen molar-refractivity contribution in [2.24, 2.45) is 0 Å². The van der Waals surface area contributed by atoms with Gasteiger partial charge in [-0.2, -0.15) is 22.8 Å². The molecule has 5 rings (SSSR count). The number of nitrogens with one attached hydrogen (secondary N) is 1. The smallest absolute Gasteiger partial charge is 0.435 e. The quantitative estimate of drug-likeness (QED) is 0.383. The Hall–Kier alpha value is -4.41. The van der Waals surface area contributed by atoms with Crippen LogP contribution in [0.3, 0.4) is 0 Å². The molecule has 8 nitrogen and oxygen atoms in total. The molecule has 3 aromatic heterocycles. The molecule has 0 saturated heterocycles. The van der Waals surface area contributed by atoms with Gasteiger partial charge >= 0.3 is 6.18 Å². The number of hydrogen-bond donors (Lipinski definition) is 1. The largest absolute Gasteiger partial charge is 0.494 e. The maximum atomic E-state index is 13.9. The predicted octanol–water partition coefficient (Wildman–Crippen LogP) is 4.73. The number of nitrogens with zero attached hydrogens (tertiary/aromatic N) is 3. The number of fused-ring (bicyclic) bond motifs is 2. The summed E-state index contributed by atoms with van der Waals surface area (Å²) in [6.07, 6.45) is -4.86. The lowest BCUT2D eigenvalue weighted by Gasteiger charge is -2.08. The van der Waals surface area contributed by atoms with Crippen LogP contribution in [0.25, 0.3) is 39.3 Å². The van der Waals surface area contributed by atoms with Crippen molar-refractivity contribution in [2.75, 3.05) is 7.11 Å². The van der Waals surface area contributed by atoms with Gasteiger partial charge in [0.1, 0.15) is 22.7 Å². The first kappa shape index (κ1) is 21.4. The van der Waals surface area contributed by atoms with Crippen molar-refractivity contribution in [3.05, 3.63) is 70.3 Å². The van der Waals surface area contributed by atoms with Crippen molar-refractivity contribution < 1.29 is 27.1 Å². The Labute approximate surface area is 188 Å². The van der Waals surface area contributed by atoms with E-state index in [0.717, 1.165) is 0 Å². The van der Waals surface area contributed by atoms with Gasteiger partial charge in [0.2, 0.25) is 5.89 Å². The second-order valence-electron chi connectivity index (χ2n) is 7.41. The lowest BCUT2D eigenvalue weighted by Crippen LogP contribution is -2.22. The van der Waals surface area contributed by atoms with Crippen molar-refractivity contribution in [1.82, 2.24) is 19.6 Å². The summed E-state index contributed by atoms with van der Waals surface area (Å²) in [7, 11) is 1.43. The molecule has 0 aliphatic carbocycles. The van der Waals surface area contributed by atoms with Crippen LogP contribution in [-0.2, 0) is 6.18 Å². The lowest BCUT2D eigenvalue weighted by atomic mass is 10.1. The van der Waals surface area contributed by atoms with Gasteiger partial charge in [-0.1, -0.05) is 36.4 Å². The Bertz CT molecular complexity index is 1630. The second-order valence-corrected chi connectivity index (χ2v) is 7.41. The number of ketones is 1. The minimum atomic E-state index is -4.86. The first-order valence-corrected chi connectivity index (χ1v) is 9.97. The number of rotatable bonds is 4. The molecule has 5 aromatic rings. The molecule has 172 valence electrons. The summed E-state index contributed by atoms with van der Waals surface area (Å²) < 4.78 is 53.2. The van der Waals surface area contributed by atoms with E-state index in [9.17, 15) is 22.8 Å². The molecule has 0 saturated carbocycles. The molecule has 0 bridgehead atoms. The first-order valence-electron chi connectivity index (χ1n) is 9.97. The van der Waals surface area contributed by atoms with E-state index in [1.807, 2.05) is 0 Å². The van der Waals surface area contributed by atoms with Crippen molar-refractivity contribution in [1.29, 1.82) is 0 Å². The van der Waals surface area contributed by atoms with Crippen LogP contribution < -0.4 is 10.3 Å². The number of alkyl halides is 3. The minimum absolute atomic E-state index is 0.175. The van der Waals surface area contributed by atoms with E-state index in [1.165, 1.54) is 26.2 Å². The molecule has 3 heterocycles. The highest BCUT2D eigenvalue weighted by Crippen LogP contribution is 2.38. The minimum Gasteiger partial charge on any atom is -0.494 e. The molecule has 1 N–H and O–H groups in total. The summed E-state index contributed by atoms with van der Waals surface area (Å²) in [6, 6.07) is 12.5. The number of hydrogen-bond acceptors (Lipinski definition) is 6. The molecule has 0 fully saturated rings. The molecular weight excluding hydrogens is 453 g/mol. The number of carbonyl (C=O) groups excluding carboxylic acids is 1. The molecular formula is C23H15F3N4O4. The fourth-order valence-corrected chi connectivity index (χ4v) is 3.81. The summed E-state index contributed by atoms with van der Waals surface area (Å²) in [5.41, 5.74) is -2.74. The number of halogens is 3. The summed E-state index contributed by atoms with van der Waals surface area (Å²) >= 11 is 0. The molecule has 0 radical (unpaired) electrons. The van der Waals surface area contributed by atoms with Crippen molar-refractivity contribution in [2.45, 2.75) is 13.1 Å². The topological polar surface area (TPSA) is 102 Å². The average Bonchev–Trinajstić information content (AvgIpc) is 3.41. The van der Waals surface area contributed by atoms with Crippen LogP contribution in [-0.4, -0.2) is 32.5 Å². The van der Waals surface area contributed by atoms with Gasteiger partial charge in [0.05, 0.1) is 12.7 Å². The maximum Gasteiger partial charge on any atom is 0.435 e. The maximum absolute atomic E-state index is 13.9. The fraction of sp³-hybridized carbons (Fsp3) is 0.130. The number of H-pyrrole nitrogens is 1. The molecule has 0 aliphatic rings. The lowest BCUT2D eigenvalue weighted by molar-refractivity contribution is -0.140. The average molecular weight is 468 g/mol. The van der Waals surface area contributed by atoms with Crippen LogP contribution in [0.5, 0.6) is 5.75 Å². The van der Waals surface area contributed by atoms with Crippen LogP contribution in [0.1, 0.15) is 23.1 Å². The number of oxazole rings is 1. The number of benzene rings is 2. The van der Waals surface area contributed by atoms with E-state index in [0.29, 0.717) is 10.3 Å². The van der Waals surface area contributed by atoms with Crippen molar-refractivity contribution in [3.63, 3.8) is 0 Å². The number of aromatic nitrogens is 4. The van der Waals surface area contributed by atoms with E-state index >= 15 is 0 Å². The number of Topliss-reactive ketones (excluding diaryl/α,β-unsaturated/α-hetero) is 1. The molecule has 0 unspecified atom stereocenters. The van der Waals surface area contributed by atoms with E-state index in [4.69, 9.17) is 9.15 Å². The monoisotopic (exact) mass is 468 g/mol. The highest BCUT2D eigenvalue weighted by Gasteiger charge is 2.40. The summed E-state index contributed by atoms with van der Waals surface area (Å²) in [5.74, 6) is -0.491. The zero-order valence-corrected chi connectivity index (χ0v) is 17.7. The highest BCUT2D eigenvalue weighted by molar-refractivity contribution is 5.99. The molecule has 0 aliphatic heterocycles. The number of methoxy groups -OCH3 is 1.